The molecular weight excluding hydrogens is 293 g/mol. The number of aliphatic carboxylic acids is 1. The molecule has 0 aliphatic heterocycles. The molecular formula is C10H12INO2. The molecule has 0 aliphatic rings. The molecule has 1 atom stereocenters. The zero-order chi connectivity index (χ0) is 10.6. The van der Waals surface area contributed by atoms with Gasteiger partial charge in [-0.2, -0.15) is 0 Å². The standard InChI is InChI=1S/C10H12INO2/c1-7(11)12-9-4-2-3-8(5-9)6-10(13)14/h2-5,7,12H,6H2,1H3,(H,13,14). The van der Waals surface area contributed by atoms with E-state index in [4.69, 9.17) is 5.11 Å². The molecule has 14 heavy (non-hydrogen) atoms. The zero-order valence-corrected chi connectivity index (χ0v) is 9.98. The highest BCUT2D eigenvalue weighted by Gasteiger charge is 2.02. The molecule has 4 heteroatoms. The maximum Gasteiger partial charge on any atom is 0.307 e. The first-order valence-corrected chi connectivity index (χ1v) is 5.54. The lowest BCUT2D eigenvalue weighted by molar-refractivity contribution is -0.136. The number of rotatable bonds is 4. The summed E-state index contributed by atoms with van der Waals surface area (Å²) in [4.78, 5) is 10.5. The SMILES string of the molecule is CC(I)Nc1cccc(CC(=O)O)c1. The van der Waals surface area contributed by atoms with Crippen molar-refractivity contribution < 1.29 is 9.90 Å². The molecule has 1 aromatic rings. The van der Waals surface area contributed by atoms with Crippen LogP contribution in [0, 0.1) is 0 Å². The molecule has 76 valence electrons. The van der Waals surface area contributed by atoms with E-state index in [1.807, 2.05) is 31.2 Å². The maximum atomic E-state index is 10.5. The lowest BCUT2D eigenvalue weighted by Gasteiger charge is -2.09. The van der Waals surface area contributed by atoms with Gasteiger partial charge in [0.05, 0.1) is 10.5 Å². The van der Waals surface area contributed by atoms with E-state index < -0.39 is 5.97 Å². The first-order valence-electron chi connectivity index (χ1n) is 4.29. The second-order valence-corrected chi connectivity index (χ2v) is 4.90. The van der Waals surface area contributed by atoms with Crippen molar-refractivity contribution in [3.8, 4) is 0 Å². The molecule has 1 rings (SSSR count). The summed E-state index contributed by atoms with van der Waals surface area (Å²) < 4.78 is 0.327. The number of hydrogen-bond acceptors (Lipinski definition) is 2. The average molecular weight is 305 g/mol. The van der Waals surface area contributed by atoms with Gasteiger partial charge in [-0.25, -0.2) is 0 Å². The van der Waals surface area contributed by atoms with Crippen molar-refractivity contribution in [1.29, 1.82) is 0 Å². The van der Waals surface area contributed by atoms with Crippen LogP contribution in [-0.2, 0) is 11.2 Å². The maximum absolute atomic E-state index is 10.5. The lowest BCUT2D eigenvalue weighted by atomic mass is 10.1. The summed E-state index contributed by atoms with van der Waals surface area (Å²) in [6.45, 7) is 2.03. The largest absolute Gasteiger partial charge is 0.481 e. The molecule has 0 aliphatic carbocycles. The Kier molecular flexibility index (Phi) is 4.19. The number of benzene rings is 1. The van der Waals surface area contributed by atoms with Crippen LogP contribution in [0.1, 0.15) is 12.5 Å². The predicted octanol–water partition coefficient (Wildman–Crippen LogP) is 2.51. The summed E-state index contributed by atoms with van der Waals surface area (Å²) in [5.41, 5.74) is 1.78. The Labute approximate surface area is 96.7 Å². The van der Waals surface area contributed by atoms with Gasteiger partial charge in [0.2, 0.25) is 0 Å². The van der Waals surface area contributed by atoms with E-state index in [1.165, 1.54) is 0 Å². The number of hydrogen-bond donors (Lipinski definition) is 2. The van der Waals surface area contributed by atoms with Crippen molar-refractivity contribution in [1.82, 2.24) is 0 Å². The van der Waals surface area contributed by atoms with Crippen LogP contribution in [-0.4, -0.2) is 15.1 Å². The molecule has 0 heterocycles. The van der Waals surface area contributed by atoms with Crippen molar-refractivity contribution in [2.24, 2.45) is 0 Å². The Morgan fingerprint density at radius 3 is 2.93 bits per heavy atom. The molecule has 1 unspecified atom stereocenters. The fraction of sp³-hybridized carbons (Fsp3) is 0.300. The summed E-state index contributed by atoms with van der Waals surface area (Å²) in [5, 5.41) is 11.8. The predicted molar refractivity (Wildman–Crippen MR) is 64.9 cm³/mol. The molecule has 0 spiro atoms. The van der Waals surface area contributed by atoms with E-state index in [1.54, 1.807) is 0 Å². The minimum atomic E-state index is -0.801. The van der Waals surface area contributed by atoms with Crippen LogP contribution < -0.4 is 5.32 Å². The zero-order valence-electron chi connectivity index (χ0n) is 7.83. The molecule has 3 nitrogen and oxygen atoms in total. The van der Waals surface area contributed by atoms with Crippen LogP contribution >= 0.6 is 22.6 Å². The van der Waals surface area contributed by atoms with Crippen molar-refractivity contribution in [3.05, 3.63) is 29.8 Å². The number of alkyl halides is 1. The minimum Gasteiger partial charge on any atom is -0.481 e. The summed E-state index contributed by atoms with van der Waals surface area (Å²) >= 11 is 2.26. The van der Waals surface area contributed by atoms with Crippen molar-refractivity contribution in [2.45, 2.75) is 17.4 Å². The van der Waals surface area contributed by atoms with Crippen LogP contribution in [0.4, 0.5) is 5.69 Å². The molecule has 0 saturated heterocycles. The smallest absolute Gasteiger partial charge is 0.307 e. The Bertz CT molecular complexity index is 326. The summed E-state index contributed by atoms with van der Waals surface area (Å²) in [7, 11) is 0. The summed E-state index contributed by atoms with van der Waals surface area (Å²) in [5.74, 6) is -0.801. The Morgan fingerprint density at radius 1 is 1.64 bits per heavy atom. The fourth-order valence-corrected chi connectivity index (χ4v) is 1.53. The molecule has 0 aromatic heterocycles. The quantitative estimate of drug-likeness (QED) is 0.510. The van der Waals surface area contributed by atoms with E-state index in [0.29, 0.717) is 4.05 Å². The van der Waals surface area contributed by atoms with Gasteiger partial charge in [-0.05, 0) is 24.6 Å². The number of anilines is 1. The van der Waals surface area contributed by atoms with Crippen LogP contribution in [0.2, 0.25) is 0 Å². The van der Waals surface area contributed by atoms with Crippen LogP contribution in [0.15, 0.2) is 24.3 Å². The van der Waals surface area contributed by atoms with Crippen molar-refractivity contribution in [2.75, 3.05) is 5.32 Å². The number of carbonyl (C=O) groups is 1. The van der Waals surface area contributed by atoms with Gasteiger partial charge < -0.3 is 10.4 Å². The molecule has 1 aromatic carbocycles. The summed E-state index contributed by atoms with van der Waals surface area (Å²) in [6.07, 6.45) is 0.0746. The van der Waals surface area contributed by atoms with Gasteiger partial charge in [-0.1, -0.05) is 34.7 Å². The molecule has 2 N–H and O–H groups in total. The highest BCUT2D eigenvalue weighted by Crippen LogP contribution is 2.14. The molecule has 0 amide bonds. The number of carboxylic acids is 1. The van der Waals surface area contributed by atoms with E-state index >= 15 is 0 Å². The highest BCUT2D eigenvalue weighted by atomic mass is 127. The van der Waals surface area contributed by atoms with Crippen LogP contribution in [0.25, 0.3) is 0 Å². The Hall–Kier alpha value is -0.780. The van der Waals surface area contributed by atoms with Gasteiger partial charge in [0, 0.05) is 5.69 Å². The van der Waals surface area contributed by atoms with Crippen LogP contribution in [0.3, 0.4) is 0 Å². The Balaban J connectivity index is 2.73. The fourth-order valence-electron chi connectivity index (χ4n) is 1.18. The van der Waals surface area contributed by atoms with Gasteiger partial charge in [0.25, 0.3) is 0 Å². The molecule has 0 fully saturated rings. The number of nitrogens with one attached hydrogen (secondary N) is 1. The third-order valence-corrected chi connectivity index (χ3v) is 1.96. The number of halogens is 1. The average Bonchev–Trinajstić information content (AvgIpc) is 2.01. The first kappa shape index (κ1) is 11.3. The topological polar surface area (TPSA) is 49.3 Å². The Morgan fingerprint density at radius 2 is 2.36 bits per heavy atom. The van der Waals surface area contributed by atoms with E-state index in [0.717, 1.165) is 11.3 Å². The van der Waals surface area contributed by atoms with Gasteiger partial charge in [-0.3, -0.25) is 4.79 Å². The molecule has 0 bridgehead atoms. The van der Waals surface area contributed by atoms with E-state index in [2.05, 4.69) is 27.9 Å². The second-order valence-electron chi connectivity index (χ2n) is 3.03. The van der Waals surface area contributed by atoms with Crippen molar-refractivity contribution >= 4 is 34.2 Å². The van der Waals surface area contributed by atoms with Gasteiger partial charge in [-0.15, -0.1) is 0 Å². The van der Waals surface area contributed by atoms with Gasteiger partial charge in [0.1, 0.15) is 0 Å². The van der Waals surface area contributed by atoms with Crippen LogP contribution in [0.5, 0.6) is 0 Å². The third-order valence-electron chi connectivity index (χ3n) is 1.65. The lowest BCUT2D eigenvalue weighted by Crippen LogP contribution is -2.06. The second kappa shape index (κ2) is 5.19. The van der Waals surface area contributed by atoms with Gasteiger partial charge in [0.15, 0.2) is 0 Å². The third kappa shape index (κ3) is 3.95. The molecule has 0 saturated carbocycles. The van der Waals surface area contributed by atoms with Crippen molar-refractivity contribution in [3.63, 3.8) is 0 Å². The summed E-state index contributed by atoms with van der Waals surface area (Å²) in [6, 6.07) is 7.47. The van der Waals surface area contributed by atoms with Gasteiger partial charge >= 0.3 is 5.97 Å². The highest BCUT2D eigenvalue weighted by molar-refractivity contribution is 14.1. The van der Waals surface area contributed by atoms with E-state index in [9.17, 15) is 4.79 Å². The monoisotopic (exact) mass is 305 g/mol. The first-order chi connectivity index (χ1) is 6.58. The minimum absolute atomic E-state index is 0.0746. The molecule has 0 radical (unpaired) electrons. The van der Waals surface area contributed by atoms with E-state index in [-0.39, 0.29) is 6.42 Å². The normalized spacial score (nSPS) is 12.1. The number of carboxylic acid groups (broad SMARTS) is 1.